The van der Waals surface area contributed by atoms with Crippen molar-refractivity contribution in [1.29, 1.82) is 0 Å². The highest BCUT2D eigenvalue weighted by molar-refractivity contribution is 5.85. The molecule has 0 aromatic heterocycles. The van der Waals surface area contributed by atoms with E-state index >= 15 is 0 Å². The molecule has 7 aliphatic rings. The molecule has 118 valence electrons. The van der Waals surface area contributed by atoms with E-state index in [4.69, 9.17) is 9.47 Å². The Morgan fingerprint density at radius 2 is 1.18 bits per heavy atom. The van der Waals surface area contributed by atoms with Crippen molar-refractivity contribution < 1.29 is 19.1 Å². The van der Waals surface area contributed by atoms with Crippen molar-refractivity contribution in [1.82, 2.24) is 0 Å². The van der Waals surface area contributed by atoms with Gasteiger partial charge < -0.3 is 9.47 Å². The maximum atomic E-state index is 12.5. The molecule has 7 fully saturated rings. The van der Waals surface area contributed by atoms with Crippen LogP contribution in [0, 0.1) is 58.2 Å². The van der Waals surface area contributed by atoms with E-state index in [0.717, 1.165) is 23.7 Å². The third kappa shape index (κ3) is 0.771. The van der Waals surface area contributed by atoms with Gasteiger partial charge in [0.2, 0.25) is 0 Å². The van der Waals surface area contributed by atoms with Crippen molar-refractivity contribution in [3.05, 3.63) is 0 Å². The van der Waals surface area contributed by atoms with Crippen molar-refractivity contribution >= 4 is 11.9 Å². The second kappa shape index (κ2) is 3.25. The van der Waals surface area contributed by atoms with Gasteiger partial charge in [0.05, 0.1) is 26.1 Å². The van der Waals surface area contributed by atoms with Crippen molar-refractivity contribution in [3.63, 3.8) is 0 Å². The Kier molecular flexibility index (Phi) is 1.83. The van der Waals surface area contributed by atoms with E-state index in [1.54, 1.807) is 0 Å². The van der Waals surface area contributed by atoms with Crippen molar-refractivity contribution in [2.45, 2.75) is 25.7 Å². The number of carbonyl (C=O) groups excluding carboxylic acids is 2. The first kappa shape index (κ1) is 12.4. The Hall–Kier alpha value is -1.06. The second-order valence-corrected chi connectivity index (χ2v) is 8.64. The fourth-order valence-corrected chi connectivity index (χ4v) is 9.50. The summed E-state index contributed by atoms with van der Waals surface area (Å²) in [4.78, 5) is 25.0. The van der Waals surface area contributed by atoms with E-state index < -0.39 is 0 Å². The van der Waals surface area contributed by atoms with Crippen LogP contribution in [0.25, 0.3) is 0 Å². The van der Waals surface area contributed by atoms with Crippen LogP contribution in [0.2, 0.25) is 0 Å². The number of hydrogen-bond donors (Lipinski definition) is 0. The molecule has 7 aliphatic carbocycles. The van der Waals surface area contributed by atoms with Crippen LogP contribution in [0.1, 0.15) is 25.7 Å². The monoisotopic (exact) mass is 302 g/mol. The summed E-state index contributed by atoms with van der Waals surface area (Å²) in [6.45, 7) is 0. The molecular formula is C18H22O4. The van der Waals surface area contributed by atoms with Crippen LogP contribution in [-0.4, -0.2) is 26.2 Å². The molecular weight excluding hydrogens is 280 g/mol. The molecule has 0 saturated heterocycles. The maximum absolute atomic E-state index is 12.5. The van der Waals surface area contributed by atoms with Crippen LogP contribution in [0.3, 0.4) is 0 Å². The van der Waals surface area contributed by atoms with Gasteiger partial charge in [-0.3, -0.25) is 9.59 Å². The fourth-order valence-electron chi connectivity index (χ4n) is 9.50. The van der Waals surface area contributed by atoms with Crippen molar-refractivity contribution in [3.8, 4) is 0 Å². The lowest BCUT2D eigenvalue weighted by atomic mass is 8.99. The lowest BCUT2D eigenvalue weighted by molar-refractivity contribution is -0.583. The largest absolute Gasteiger partial charge is 0.469 e. The highest BCUT2D eigenvalue weighted by atomic mass is 16.5. The van der Waals surface area contributed by atoms with Gasteiger partial charge in [-0.25, -0.2) is 0 Å². The minimum absolute atomic E-state index is 0.161. The zero-order chi connectivity index (χ0) is 15.0. The van der Waals surface area contributed by atoms with Gasteiger partial charge in [0.1, 0.15) is 0 Å². The highest BCUT2D eigenvalue weighted by Gasteiger charge is 3.03. The molecule has 7 rings (SSSR count). The first-order valence-electron chi connectivity index (χ1n) is 8.82. The Morgan fingerprint density at radius 1 is 0.773 bits per heavy atom. The van der Waals surface area contributed by atoms with Crippen molar-refractivity contribution in [2.75, 3.05) is 14.2 Å². The van der Waals surface area contributed by atoms with Gasteiger partial charge >= 0.3 is 11.9 Å². The first-order valence-corrected chi connectivity index (χ1v) is 8.82. The number of ether oxygens (including phenoxy) is 2. The third-order valence-corrected chi connectivity index (χ3v) is 9.27. The molecule has 0 heterocycles. The van der Waals surface area contributed by atoms with Crippen LogP contribution in [-0.2, 0) is 19.1 Å². The normalized spacial score (nSPS) is 63.9. The molecule has 7 saturated carbocycles. The molecule has 0 aliphatic heterocycles. The van der Waals surface area contributed by atoms with Gasteiger partial charge in [0.15, 0.2) is 0 Å². The number of carbonyl (C=O) groups is 2. The Balaban J connectivity index is 1.51. The fraction of sp³-hybridized carbons (Fsp3) is 0.889. The summed E-state index contributed by atoms with van der Waals surface area (Å²) in [5.41, 5.74) is 0.812. The van der Waals surface area contributed by atoms with Gasteiger partial charge in [0, 0.05) is 0 Å². The molecule has 0 aromatic carbocycles. The molecule has 0 radical (unpaired) electrons. The second-order valence-electron chi connectivity index (χ2n) is 8.64. The molecule has 4 nitrogen and oxygen atoms in total. The summed E-state index contributed by atoms with van der Waals surface area (Å²) in [5.74, 6) is 3.27. The topological polar surface area (TPSA) is 52.6 Å². The SMILES string of the molecule is COC(=O)[C@@H]1[C@H](C(=O)OC)[C@H]2[C@@H]3[C@@H]4[C@H]1[C@]15CCCC[C@@]21[C@@H]3[C@H]45. The summed E-state index contributed by atoms with van der Waals surface area (Å²) >= 11 is 0. The molecule has 2 spiro atoms. The van der Waals surface area contributed by atoms with Crippen LogP contribution >= 0.6 is 0 Å². The van der Waals surface area contributed by atoms with E-state index in [9.17, 15) is 9.59 Å². The minimum Gasteiger partial charge on any atom is -0.469 e. The Bertz CT molecular complexity index is 575. The predicted molar refractivity (Wildman–Crippen MR) is 75.3 cm³/mol. The predicted octanol–water partition coefficient (Wildman–Crippen LogP) is 1.88. The summed E-state index contributed by atoms with van der Waals surface area (Å²) < 4.78 is 10.2. The Labute approximate surface area is 129 Å². The molecule has 0 N–H and O–H groups in total. The summed E-state index contributed by atoms with van der Waals surface area (Å²) in [7, 11) is 2.93. The average molecular weight is 302 g/mol. The first-order chi connectivity index (χ1) is 10.7. The number of rotatable bonds is 2. The highest BCUT2D eigenvalue weighted by Crippen LogP contribution is 3.05. The zero-order valence-corrected chi connectivity index (χ0v) is 13.1. The summed E-state index contributed by atoms with van der Waals surface area (Å²) in [6.07, 6.45) is 5.20. The molecule has 0 aromatic rings. The van der Waals surface area contributed by atoms with Crippen LogP contribution < -0.4 is 0 Å². The van der Waals surface area contributed by atoms with Gasteiger partial charge in [-0.1, -0.05) is 12.8 Å². The number of fused-ring (bicyclic) bond motifs is 1. The minimum atomic E-state index is -0.229. The van der Waals surface area contributed by atoms with Crippen LogP contribution in [0.5, 0.6) is 0 Å². The maximum Gasteiger partial charge on any atom is 0.309 e. The summed E-state index contributed by atoms with van der Waals surface area (Å²) in [6, 6.07) is 0. The average Bonchev–Trinajstić information content (AvgIpc) is 2.53. The van der Waals surface area contributed by atoms with Gasteiger partial charge in [-0.05, 0) is 59.2 Å². The quantitative estimate of drug-likeness (QED) is 0.731. The van der Waals surface area contributed by atoms with E-state index in [2.05, 4.69) is 0 Å². The van der Waals surface area contributed by atoms with Crippen molar-refractivity contribution in [2.24, 2.45) is 58.2 Å². The zero-order valence-electron chi connectivity index (χ0n) is 13.1. The smallest absolute Gasteiger partial charge is 0.309 e. The molecule has 4 heteroatoms. The standard InChI is InChI=1S/C18H22O4/c1-21-15(19)9-10(16(20)22-2)12-8-7-11(9)17-5-3-4-6-18(12,17)14(8)13(7)17/h7-14H,3-6H2,1-2H3/t7-,8+,9-,10+,11-,12-,13+,14+,17+,18+/m1/s1. The number of esters is 2. The lowest BCUT2D eigenvalue weighted by Gasteiger charge is -3.04. The van der Waals surface area contributed by atoms with Gasteiger partial charge in [-0.2, -0.15) is 0 Å². The number of hydrogen-bond acceptors (Lipinski definition) is 4. The molecule has 2 bridgehead atoms. The van der Waals surface area contributed by atoms with E-state index in [-0.39, 0.29) is 23.8 Å². The lowest BCUT2D eigenvalue weighted by Crippen LogP contribution is -3.02. The van der Waals surface area contributed by atoms with E-state index in [0.29, 0.717) is 22.7 Å². The Morgan fingerprint density at radius 3 is 1.55 bits per heavy atom. The van der Waals surface area contributed by atoms with Crippen LogP contribution in [0.4, 0.5) is 0 Å². The van der Waals surface area contributed by atoms with E-state index in [1.807, 2.05) is 0 Å². The van der Waals surface area contributed by atoms with Gasteiger partial charge in [0.25, 0.3) is 0 Å². The number of methoxy groups -OCH3 is 2. The van der Waals surface area contributed by atoms with E-state index in [1.165, 1.54) is 39.9 Å². The van der Waals surface area contributed by atoms with Crippen LogP contribution in [0.15, 0.2) is 0 Å². The molecule has 0 unspecified atom stereocenters. The van der Waals surface area contributed by atoms with Gasteiger partial charge in [-0.15, -0.1) is 0 Å². The molecule has 10 atom stereocenters. The summed E-state index contributed by atoms with van der Waals surface area (Å²) in [5, 5.41) is 0. The third-order valence-electron chi connectivity index (χ3n) is 9.27. The molecule has 22 heavy (non-hydrogen) atoms. The molecule has 0 amide bonds.